The number of hydrogen-bond acceptors (Lipinski definition) is 5. The number of carbonyl (C=O) groups is 1. The van der Waals surface area contributed by atoms with E-state index in [1.54, 1.807) is 11.3 Å². The number of amides is 1. The van der Waals surface area contributed by atoms with Gasteiger partial charge in [0.1, 0.15) is 5.01 Å². The zero-order valence-corrected chi connectivity index (χ0v) is 13.5. The molecule has 4 nitrogen and oxygen atoms in total. The third-order valence-electron chi connectivity index (χ3n) is 3.73. The Balaban J connectivity index is 1.61. The van der Waals surface area contributed by atoms with E-state index in [2.05, 4.69) is 16.4 Å². The van der Waals surface area contributed by atoms with Crippen LogP contribution in [0.5, 0.6) is 0 Å². The first-order chi connectivity index (χ1) is 10.8. The summed E-state index contributed by atoms with van der Waals surface area (Å²) in [6.45, 7) is 3.32. The minimum absolute atomic E-state index is 0.138. The molecule has 0 saturated carbocycles. The highest BCUT2D eigenvalue weighted by molar-refractivity contribution is 7.26. The Hall–Kier alpha value is -1.76. The lowest BCUT2D eigenvalue weighted by Crippen LogP contribution is -2.46. The van der Waals surface area contributed by atoms with Gasteiger partial charge in [0.15, 0.2) is 0 Å². The van der Waals surface area contributed by atoms with Crippen LogP contribution in [0.1, 0.15) is 9.67 Å². The molecule has 0 spiro atoms. The lowest BCUT2D eigenvalue weighted by molar-refractivity contribution is 0.0740. The van der Waals surface area contributed by atoms with Crippen molar-refractivity contribution in [1.29, 1.82) is 0 Å². The summed E-state index contributed by atoms with van der Waals surface area (Å²) in [5, 5.41) is 4.26. The average molecular weight is 329 g/mol. The Bertz CT molecular complexity index is 785. The summed E-state index contributed by atoms with van der Waals surface area (Å²) >= 11 is 3.21. The van der Waals surface area contributed by atoms with E-state index in [9.17, 15) is 4.79 Å². The summed E-state index contributed by atoms with van der Waals surface area (Å²) in [5.41, 5.74) is 1.02. The Labute approximate surface area is 136 Å². The molecule has 22 heavy (non-hydrogen) atoms. The van der Waals surface area contributed by atoms with Crippen LogP contribution in [-0.4, -0.2) is 42.0 Å². The number of carbonyl (C=O) groups excluding carboxylic acids is 1. The fourth-order valence-electron chi connectivity index (χ4n) is 2.57. The summed E-state index contributed by atoms with van der Waals surface area (Å²) in [6.07, 6.45) is 0. The van der Waals surface area contributed by atoms with E-state index in [1.165, 1.54) is 16.0 Å². The Morgan fingerprint density at radius 2 is 1.91 bits per heavy atom. The largest absolute Gasteiger partial charge is 0.335 e. The van der Waals surface area contributed by atoms with E-state index >= 15 is 0 Å². The van der Waals surface area contributed by atoms with Crippen LogP contribution >= 0.6 is 22.7 Å². The normalized spacial score (nSPS) is 15.4. The fraction of sp³-hybridized carbons (Fsp3) is 0.250. The Morgan fingerprint density at radius 1 is 1.09 bits per heavy atom. The number of nitrogens with zero attached hydrogens (tertiary/aromatic N) is 2. The fourth-order valence-corrected chi connectivity index (χ4v) is 4.56. The number of benzene rings is 1. The second kappa shape index (κ2) is 5.79. The molecule has 4 rings (SSSR count). The van der Waals surface area contributed by atoms with Crippen molar-refractivity contribution < 1.29 is 4.79 Å². The third kappa shape index (κ3) is 2.54. The number of aromatic nitrogens is 1. The van der Waals surface area contributed by atoms with E-state index in [0.29, 0.717) is 0 Å². The molecule has 2 aromatic heterocycles. The van der Waals surface area contributed by atoms with Gasteiger partial charge < -0.3 is 10.2 Å². The molecular weight excluding hydrogens is 314 g/mol. The molecule has 6 heteroatoms. The lowest BCUT2D eigenvalue weighted by atomic mass is 10.3. The van der Waals surface area contributed by atoms with Crippen LogP contribution in [0.3, 0.4) is 0 Å². The van der Waals surface area contributed by atoms with Crippen molar-refractivity contribution in [3.8, 4) is 9.88 Å². The van der Waals surface area contributed by atoms with Crippen molar-refractivity contribution >= 4 is 38.8 Å². The van der Waals surface area contributed by atoms with Crippen molar-refractivity contribution in [2.24, 2.45) is 0 Å². The van der Waals surface area contributed by atoms with E-state index in [1.807, 2.05) is 35.2 Å². The monoisotopic (exact) mass is 329 g/mol. The van der Waals surface area contributed by atoms with Gasteiger partial charge in [0.25, 0.3) is 5.91 Å². The maximum atomic E-state index is 12.5. The second-order valence-electron chi connectivity index (χ2n) is 5.19. The van der Waals surface area contributed by atoms with Gasteiger partial charge in [0, 0.05) is 26.2 Å². The number of para-hydroxylation sites is 1. The van der Waals surface area contributed by atoms with Crippen molar-refractivity contribution in [3.63, 3.8) is 0 Å². The molecule has 1 amide bonds. The highest BCUT2D eigenvalue weighted by atomic mass is 32.1. The predicted octanol–water partition coefficient (Wildman–Crippen LogP) is 3.07. The lowest BCUT2D eigenvalue weighted by Gasteiger charge is -2.26. The maximum absolute atomic E-state index is 12.5. The van der Waals surface area contributed by atoms with Crippen molar-refractivity contribution in [3.05, 3.63) is 41.3 Å². The minimum Gasteiger partial charge on any atom is -0.335 e. The Morgan fingerprint density at radius 3 is 2.73 bits per heavy atom. The van der Waals surface area contributed by atoms with Crippen LogP contribution in [-0.2, 0) is 0 Å². The predicted molar refractivity (Wildman–Crippen MR) is 91.7 cm³/mol. The number of thiophene rings is 1. The zero-order valence-electron chi connectivity index (χ0n) is 11.9. The molecule has 0 atom stereocenters. The van der Waals surface area contributed by atoms with Gasteiger partial charge >= 0.3 is 0 Å². The van der Waals surface area contributed by atoms with Gasteiger partial charge in [0.2, 0.25) is 0 Å². The molecule has 0 aliphatic carbocycles. The van der Waals surface area contributed by atoms with Crippen LogP contribution in [0.15, 0.2) is 36.4 Å². The molecule has 1 N–H and O–H groups in total. The van der Waals surface area contributed by atoms with Crippen molar-refractivity contribution in [2.45, 2.75) is 0 Å². The summed E-state index contributed by atoms with van der Waals surface area (Å²) in [6, 6.07) is 12.1. The maximum Gasteiger partial charge on any atom is 0.264 e. The molecule has 0 unspecified atom stereocenters. The molecule has 112 valence electrons. The molecule has 3 aromatic rings. The summed E-state index contributed by atoms with van der Waals surface area (Å²) in [4.78, 5) is 21.0. The topological polar surface area (TPSA) is 45.2 Å². The van der Waals surface area contributed by atoms with Crippen LogP contribution < -0.4 is 5.32 Å². The summed E-state index contributed by atoms with van der Waals surface area (Å²) in [7, 11) is 0. The average Bonchev–Trinajstić information content (AvgIpc) is 3.21. The molecule has 1 fully saturated rings. The van der Waals surface area contributed by atoms with Crippen molar-refractivity contribution in [2.75, 3.05) is 26.2 Å². The first kappa shape index (κ1) is 13.9. The number of thiazole rings is 1. The Kier molecular flexibility index (Phi) is 3.65. The molecular formula is C16H15N3OS2. The number of piperazine rings is 1. The standard InChI is InChI=1S/C16H15N3OS2/c20-16(19-9-7-17-8-10-19)14-6-5-13(21-14)15-18-11-3-1-2-4-12(11)22-15/h1-6,17H,7-10H2. The second-order valence-corrected chi connectivity index (χ2v) is 7.31. The number of fused-ring (bicyclic) bond motifs is 1. The first-order valence-corrected chi connectivity index (χ1v) is 8.90. The summed E-state index contributed by atoms with van der Waals surface area (Å²) < 4.78 is 1.18. The van der Waals surface area contributed by atoms with E-state index in [0.717, 1.165) is 46.5 Å². The van der Waals surface area contributed by atoms with Crippen LogP contribution in [0.2, 0.25) is 0 Å². The molecule has 0 radical (unpaired) electrons. The van der Waals surface area contributed by atoms with Gasteiger partial charge in [-0.25, -0.2) is 4.98 Å². The molecule has 0 bridgehead atoms. The molecule has 1 saturated heterocycles. The minimum atomic E-state index is 0.138. The van der Waals surface area contributed by atoms with Gasteiger partial charge in [-0.2, -0.15) is 0 Å². The molecule has 1 aromatic carbocycles. The van der Waals surface area contributed by atoms with Gasteiger partial charge in [-0.05, 0) is 24.3 Å². The summed E-state index contributed by atoms with van der Waals surface area (Å²) in [5.74, 6) is 0.138. The number of rotatable bonds is 2. The highest BCUT2D eigenvalue weighted by Gasteiger charge is 2.20. The van der Waals surface area contributed by atoms with E-state index < -0.39 is 0 Å². The highest BCUT2D eigenvalue weighted by Crippen LogP contribution is 2.34. The van der Waals surface area contributed by atoms with Gasteiger partial charge in [-0.3, -0.25) is 4.79 Å². The first-order valence-electron chi connectivity index (χ1n) is 7.27. The van der Waals surface area contributed by atoms with E-state index in [-0.39, 0.29) is 5.91 Å². The van der Waals surface area contributed by atoms with Gasteiger partial charge in [-0.1, -0.05) is 12.1 Å². The number of hydrogen-bond donors (Lipinski definition) is 1. The van der Waals surface area contributed by atoms with Gasteiger partial charge in [0.05, 0.1) is 20.0 Å². The smallest absolute Gasteiger partial charge is 0.264 e. The van der Waals surface area contributed by atoms with Gasteiger partial charge in [-0.15, -0.1) is 22.7 Å². The third-order valence-corrected chi connectivity index (χ3v) is 6.00. The number of nitrogens with one attached hydrogen (secondary N) is 1. The van der Waals surface area contributed by atoms with E-state index in [4.69, 9.17) is 0 Å². The quantitative estimate of drug-likeness (QED) is 0.786. The molecule has 1 aliphatic heterocycles. The molecule has 1 aliphatic rings. The van der Waals surface area contributed by atoms with Crippen LogP contribution in [0.25, 0.3) is 20.1 Å². The van der Waals surface area contributed by atoms with Crippen LogP contribution in [0.4, 0.5) is 0 Å². The zero-order chi connectivity index (χ0) is 14.9. The van der Waals surface area contributed by atoms with Crippen molar-refractivity contribution in [1.82, 2.24) is 15.2 Å². The molecule has 3 heterocycles. The van der Waals surface area contributed by atoms with Crippen LogP contribution in [0, 0.1) is 0 Å². The SMILES string of the molecule is O=C(c1ccc(-c2nc3ccccc3s2)s1)N1CCNCC1.